The molecule has 0 bridgehead atoms. The molecule has 0 unspecified atom stereocenters. The van der Waals surface area contributed by atoms with E-state index in [1.165, 1.54) is 4.57 Å². The SMILES string of the molecule is C[C@@H](Cc1ccco1)NC(=O)C1CCN(c2nc3cccnc3n(C)c2=O)CC1. The molecule has 152 valence electrons. The normalized spacial score (nSPS) is 16.1. The highest BCUT2D eigenvalue weighted by Gasteiger charge is 2.28. The van der Waals surface area contributed by atoms with Gasteiger partial charge in [-0.3, -0.25) is 14.2 Å². The van der Waals surface area contributed by atoms with Gasteiger partial charge in [-0.25, -0.2) is 9.97 Å². The number of amides is 1. The molecule has 1 aliphatic heterocycles. The predicted molar refractivity (Wildman–Crippen MR) is 110 cm³/mol. The molecule has 1 aliphatic rings. The summed E-state index contributed by atoms with van der Waals surface area (Å²) in [6, 6.07) is 7.43. The Morgan fingerprint density at radius 2 is 2.10 bits per heavy atom. The number of piperidine rings is 1. The van der Waals surface area contributed by atoms with Crippen molar-refractivity contribution in [1.29, 1.82) is 0 Å². The van der Waals surface area contributed by atoms with Gasteiger partial charge < -0.3 is 14.6 Å². The first-order valence-corrected chi connectivity index (χ1v) is 9.92. The molecule has 0 radical (unpaired) electrons. The topological polar surface area (TPSA) is 93.3 Å². The molecule has 8 heteroatoms. The summed E-state index contributed by atoms with van der Waals surface area (Å²) in [6.07, 6.45) is 5.34. The molecule has 0 aromatic carbocycles. The fourth-order valence-corrected chi connectivity index (χ4v) is 3.84. The van der Waals surface area contributed by atoms with Crippen LogP contribution in [0.5, 0.6) is 0 Å². The van der Waals surface area contributed by atoms with Crippen LogP contribution in [0.1, 0.15) is 25.5 Å². The van der Waals surface area contributed by atoms with Crippen molar-refractivity contribution in [2.45, 2.75) is 32.2 Å². The van der Waals surface area contributed by atoms with Crippen molar-refractivity contribution >= 4 is 22.9 Å². The molecule has 0 saturated carbocycles. The van der Waals surface area contributed by atoms with E-state index in [4.69, 9.17) is 4.42 Å². The standard InChI is InChI=1S/C21H25N5O3/c1-14(13-16-5-4-12-29-16)23-20(27)15-7-10-26(11-8-15)19-21(28)25(2)18-17(24-19)6-3-9-22-18/h3-6,9,12,14-15H,7-8,10-11,13H2,1-2H3,(H,23,27)/t14-/m0/s1. The van der Waals surface area contributed by atoms with E-state index < -0.39 is 0 Å². The number of hydrogen-bond donors (Lipinski definition) is 1. The van der Waals surface area contributed by atoms with Gasteiger partial charge in [0.2, 0.25) is 5.91 Å². The van der Waals surface area contributed by atoms with E-state index in [2.05, 4.69) is 15.3 Å². The minimum absolute atomic E-state index is 0.00799. The number of nitrogens with zero attached hydrogens (tertiary/aromatic N) is 4. The zero-order chi connectivity index (χ0) is 20.4. The molecule has 8 nitrogen and oxygen atoms in total. The van der Waals surface area contributed by atoms with Crippen LogP contribution in [-0.4, -0.2) is 39.6 Å². The van der Waals surface area contributed by atoms with E-state index in [1.54, 1.807) is 19.5 Å². The summed E-state index contributed by atoms with van der Waals surface area (Å²) in [6.45, 7) is 3.23. The number of carbonyl (C=O) groups excluding carboxylic acids is 1. The third-order valence-corrected chi connectivity index (χ3v) is 5.45. The molecule has 1 saturated heterocycles. The first kappa shape index (κ1) is 19.2. The highest BCUT2D eigenvalue weighted by Crippen LogP contribution is 2.21. The highest BCUT2D eigenvalue weighted by atomic mass is 16.3. The van der Waals surface area contributed by atoms with Crippen LogP contribution in [0.3, 0.4) is 0 Å². The lowest BCUT2D eigenvalue weighted by molar-refractivity contribution is -0.126. The first-order valence-electron chi connectivity index (χ1n) is 9.92. The lowest BCUT2D eigenvalue weighted by atomic mass is 9.95. The molecule has 3 aromatic heterocycles. The summed E-state index contributed by atoms with van der Waals surface area (Å²) in [4.78, 5) is 36.1. The summed E-state index contributed by atoms with van der Waals surface area (Å²) >= 11 is 0. The number of aromatic nitrogens is 3. The van der Waals surface area contributed by atoms with Crippen LogP contribution in [0.2, 0.25) is 0 Å². The molecule has 29 heavy (non-hydrogen) atoms. The molecule has 0 spiro atoms. The Balaban J connectivity index is 1.39. The summed E-state index contributed by atoms with van der Waals surface area (Å²) in [5.74, 6) is 1.29. The average Bonchev–Trinajstić information content (AvgIpc) is 3.23. The number of carbonyl (C=O) groups is 1. The predicted octanol–water partition coefficient (Wildman–Crippen LogP) is 1.89. The van der Waals surface area contributed by atoms with Gasteiger partial charge >= 0.3 is 0 Å². The van der Waals surface area contributed by atoms with Gasteiger partial charge in [-0.15, -0.1) is 0 Å². The van der Waals surface area contributed by atoms with Gasteiger partial charge in [0.25, 0.3) is 5.56 Å². The maximum absolute atomic E-state index is 12.7. The Morgan fingerprint density at radius 1 is 1.31 bits per heavy atom. The maximum atomic E-state index is 12.7. The van der Waals surface area contributed by atoms with Gasteiger partial charge in [-0.2, -0.15) is 0 Å². The summed E-state index contributed by atoms with van der Waals surface area (Å²) in [5, 5.41) is 3.08. The van der Waals surface area contributed by atoms with Gasteiger partial charge in [0.1, 0.15) is 11.3 Å². The summed E-state index contributed by atoms with van der Waals surface area (Å²) in [7, 11) is 1.71. The molecular weight excluding hydrogens is 370 g/mol. The minimum atomic E-state index is -0.161. The Bertz CT molecular complexity index is 1050. The third kappa shape index (κ3) is 4.01. The molecule has 1 fully saturated rings. The molecule has 1 N–H and O–H groups in total. The Hall–Kier alpha value is -3.16. The fourth-order valence-electron chi connectivity index (χ4n) is 3.84. The second kappa shape index (κ2) is 8.06. The second-order valence-corrected chi connectivity index (χ2v) is 7.60. The monoisotopic (exact) mass is 395 g/mol. The van der Waals surface area contributed by atoms with Gasteiger partial charge in [-0.1, -0.05) is 0 Å². The zero-order valence-electron chi connectivity index (χ0n) is 16.7. The van der Waals surface area contributed by atoms with Crippen molar-refractivity contribution in [1.82, 2.24) is 19.9 Å². The van der Waals surface area contributed by atoms with Crippen molar-refractivity contribution in [3.05, 3.63) is 52.8 Å². The van der Waals surface area contributed by atoms with E-state index in [0.717, 1.165) is 5.76 Å². The van der Waals surface area contributed by atoms with Gasteiger partial charge in [-0.05, 0) is 44.0 Å². The Labute approximate surface area is 168 Å². The van der Waals surface area contributed by atoms with Crippen molar-refractivity contribution in [2.75, 3.05) is 18.0 Å². The van der Waals surface area contributed by atoms with Crippen LogP contribution in [0.4, 0.5) is 5.82 Å². The number of anilines is 1. The number of furan rings is 1. The summed E-state index contributed by atoms with van der Waals surface area (Å²) < 4.78 is 6.88. The van der Waals surface area contributed by atoms with E-state index in [1.807, 2.05) is 36.1 Å². The van der Waals surface area contributed by atoms with Gasteiger partial charge in [0.15, 0.2) is 11.5 Å². The third-order valence-electron chi connectivity index (χ3n) is 5.45. The van der Waals surface area contributed by atoms with Crippen LogP contribution < -0.4 is 15.8 Å². The van der Waals surface area contributed by atoms with Crippen molar-refractivity contribution in [3.63, 3.8) is 0 Å². The van der Waals surface area contributed by atoms with Crippen LogP contribution >= 0.6 is 0 Å². The number of rotatable bonds is 5. The van der Waals surface area contributed by atoms with Crippen molar-refractivity contribution < 1.29 is 9.21 Å². The first-order chi connectivity index (χ1) is 14.0. The van der Waals surface area contributed by atoms with Crippen LogP contribution in [0.15, 0.2) is 45.9 Å². The lowest BCUT2D eigenvalue weighted by Crippen LogP contribution is -2.45. The maximum Gasteiger partial charge on any atom is 0.294 e. The number of pyridine rings is 1. The van der Waals surface area contributed by atoms with Crippen molar-refractivity contribution in [3.8, 4) is 0 Å². The molecule has 3 aromatic rings. The smallest absolute Gasteiger partial charge is 0.294 e. The Kier molecular flexibility index (Phi) is 5.33. The van der Waals surface area contributed by atoms with Crippen LogP contribution in [0, 0.1) is 5.92 Å². The average molecular weight is 395 g/mol. The fraction of sp³-hybridized carbons (Fsp3) is 0.429. The number of hydrogen-bond acceptors (Lipinski definition) is 6. The Morgan fingerprint density at radius 3 is 2.83 bits per heavy atom. The molecule has 4 rings (SSSR count). The lowest BCUT2D eigenvalue weighted by Gasteiger charge is -2.32. The van der Waals surface area contributed by atoms with Gasteiger partial charge in [0, 0.05) is 44.7 Å². The minimum Gasteiger partial charge on any atom is -0.469 e. The van der Waals surface area contributed by atoms with Gasteiger partial charge in [0.05, 0.1) is 6.26 Å². The summed E-state index contributed by atoms with van der Waals surface area (Å²) in [5.41, 5.74) is 1.10. The molecule has 1 amide bonds. The van der Waals surface area contributed by atoms with Crippen LogP contribution in [-0.2, 0) is 18.3 Å². The highest BCUT2D eigenvalue weighted by molar-refractivity contribution is 5.79. The van der Waals surface area contributed by atoms with E-state index in [-0.39, 0.29) is 23.4 Å². The second-order valence-electron chi connectivity index (χ2n) is 7.60. The van der Waals surface area contributed by atoms with E-state index >= 15 is 0 Å². The van der Waals surface area contributed by atoms with E-state index in [0.29, 0.717) is 49.3 Å². The van der Waals surface area contributed by atoms with E-state index in [9.17, 15) is 9.59 Å². The number of nitrogens with one attached hydrogen (secondary N) is 1. The zero-order valence-corrected chi connectivity index (χ0v) is 16.7. The number of fused-ring (bicyclic) bond motifs is 1. The molecule has 0 aliphatic carbocycles. The number of aryl methyl sites for hydroxylation is 1. The molecule has 1 atom stereocenters. The quantitative estimate of drug-likeness (QED) is 0.709. The molecular formula is C21H25N5O3. The van der Waals surface area contributed by atoms with Crippen LogP contribution in [0.25, 0.3) is 11.2 Å². The van der Waals surface area contributed by atoms with Crippen molar-refractivity contribution in [2.24, 2.45) is 13.0 Å². The molecule has 4 heterocycles. The largest absolute Gasteiger partial charge is 0.469 e.